The molecule has 0 amide bonds. The molecule has 0 saturated heterocycles. The monoisotopic (exact) mass is 350 g/mol. The second kappa shape index (κ2) is 7.99. The molecule has 2 nitrogen and oxygen atoms in total. The van der Waals surface area contributed by atoms with E-state index in [1.807, 2.05) is 13.8 Å². The van der Waals surface area contributed by atoms with Gasteiger partial charge in [0.15, 0.2) is 0 Å². The lowest BCUT2D eigenvalue weighted by Gasteiger charge is -2.11. The van der Waals surface area contributed by atoms with Crippen molar-refractivity contribution in [2.24, 2.45) is 17.3 Å². The summed E-state index contributed by atoms with van der Waals surface area (Å²) < 4.78 is 31.1. The van der Waals surface area contributed by atoms with Gasteiger partial charge in [-0.3, -0.25) is 9.18 Å². The molecular formula is C16H18Cl2F2O2. The maximum atomic E-state index is 13.8. The molecule has 1 aliphatic carbocycles. The Morgan fingerprint density at radius 2 is 2.09 bits per heavy atom. The van der Waals surface area contributed by atoms with Crippen LogP contribution >= 0.6 is 23.2 Å². The minimum Gasteiger partial charge on any atom is -0.441 e. The van der Waals surface area contributed by atoms with Crippen LogP contribution in [0.25, 0.3) is 0 Å². The van der Waals surface area contributed by atoms with Crippen molar-refractivity contribution < 1.29 is 18.3 Å². The van der Waals surface area contributed by atoms with Crippen LogP contribution < -0.4 is 0 Å². The minimum atomic E-state index is -1.31. The number of rotatable bonds is 6. The van der Waals surface area contributed by atoms with E-state index in [9.17, 15) is 13.6 Å². The summed E-state index contributed by atoms with van der Waals surface area (Å²) >= 11 is 11.2. The number of halogens is 4. The van der Waals surface area contributed by atoms with Gasteiger partial charge in [-0.25, -0.2) is 4.39 Å². The molecule has 0 aromatic heterocycles. The first-order chi connectivity index (χ1) is 10.3. The first-order valence-corrected chi connectivity index (χ1v) is 7.58. The van der Waals surface area contributed by atoms with E-state index in [2.05, 4.69) is 11.8 Å². The Bertz CT molecular complexity index is 540. The third kappa shape index (κ3) is 4.72. The van der Waals surface area contributed by atoms with Crippen molar-refractivity contribution in [3.63, 3.8) is 0 Å². The third-order valence-electron chi connectivity index (χ3n) is 3.68. The van der Waals surface area contributed by atoms with E-state index in [0.717, 1.165) is 6.08 Å². The van der Waals surface area contributed by atoms with Gasteiger partial charge in [-0.1, -0.05) is 43.0 Å². The second-order valence-electron chi connectivity index (χ2n) is 5.56. The maximum absolute atomic E-state index is 13.8. The lowest BCUT2D eigenvalue weighted by atomic mass is 10.1. The molecule has 3 atom stereocenters. The summed E-state index contributed by atoms with van der Waals surface area (Å²) in [5.41, 5.74) is -0.366. The topological polar surface area (TPSA) is 26.3 Å². The zero-order valence-electron chi connectivity index (χ0n) is 12.6. The zero-order chi connectivity index (χ0) is 16.9. The fourth-order valence-corrected chi connectivity index (χ4v) is 2.62. The molecule has 3 unspecified atom stereocenters. The number of alkyl halides is 1. The summed E-state index contributed by atoms with van der Waals surface area (Å²) in [5, 5.41) is 0. The molecule has 0 spiro atoms. The van der Waals surface area contributed by atoms with Crippen LogP contribution in [0.1, 0.15) is 27.2 Å². The van der Waals surface area contributed by atoms with Gasteiger partial charge in [-0.05, 0) is 36.8 Å². The van der Waals surface area contributed by atoms with Crippen molar-refractivity contribution in [3.8, 4) is 11.8 Å². The van der Waals surface area contributed by atoms with Crippen molar-refractivity contribution in [3.05, 3.63) is 22.5 Å². The van der Waals surface area contributed by atoms with Crippen LogP contribution in [-0.2, 0) is 9.53 Å². The molecule has 1 saturated carbocycles. The van der Waals surface area contributed by atoms with Crippen LogP contribution in [-0.4, -0.2) is 18.7 Å². The molecule has 0 N–H and O–H groups in total. The molecular weight excluding hydrogens is 333 g/mol. The van der Waals surface area contributed by atoms with Crippen LogP contribution in [0.5, 0.6) is 0 Å². The van der Waals surface area contributed by atoms with Gasteiger partial charge in [0.05, 0.1) is 12.6 Å². The van der Waals surface area contributed by atoms with E-state index >= 15 is 0 Å². The summed E-state index contributed by atoms with van der Waals surface area (Å²) in [7, 11) is 0. The molecule has 0 heterocycles. The van der Waals surface area contributed by atoms with Crippen molar-refractivity contribution in [1.29, 1.82) is 0 Å². The van der Waals surface area contributed by atoms with Crippen LogP contribution in [0, 0.1) is 29.1 Å². The summed E-state index contributed by atoms with van der Waals surface area (Å²) in [6.45, 7) is 4.55. The van der Waals surface area contributed by atoms with Gasteiger partial charge in [0.1, 0.15) is 10.3 Å². The highest BCUT2D eigenvalue weighted by Gasteiger charge is 2.62. The molecule has 122 valence electrons. The Morgan fingerprint density at radius 1 is 1.45 bits per heavy atom. The predicted octanol–water partition coefficient (Wildman–Crippen LogP) is 4.73. The molecule has 1 rings (SSSR count). The number of carbonyl (C=O) groups excluding carboxylic acids is 1. The molecule has 0 aromatic carbocycles. The van der Waals surface area contributed by atoms with E-state index < -0.39 is 30.5 Å². The van der Waals surface area contributed by atoms with E-state index in [4.69, 9.17) is 27.9 Å². The smallest absolute Gasteiger partial charge is 0.311 e. The van der Waals surface area contributed by atoms with Gasteiger partial charge < -0.3 is 4.74 Å². The molecule has 0 bridgehead atoms. The molecule has 1 aliphatic rings. The van der Waals surface area contributed by atoms with Crippen molar-refractivity contribution >= 4 is 29.2 Å². The highest BCUT2D eigenvalue weighted by molar-refractivity contribution is 6.55. The minimum absolute atomic E-state index is 0.0762. The normalized spacial score (nSPS) is 23.9. The SMILES string of the molecule is CC#CC(OC(=O)C1C(C=C(Cl)Cl)C1(C)C)/C(F)=C/CCF. The summed E-state index contributed by atoms with van der Waals surface area (Å²) in [5.74, 6) is 2.99. The van der Waals surface area contributed by atoms with Crippen LogP contribution in [0.15, 0.2) is 22.5 Å². The first-order valence-electron chi connectivity index (χ1n) is 6.82. The van der Waals surface area contributed by atoms with Gasteiger partial charge in [-0.2, -0.15) is 0 Å². The molecule has 0 radical (unpaired) electrons. The van der Waals surface area contributed by atoms with E-state index in [0.29, 0.717) is 0 Å². The Morgan fingerprint density at radius 3 is 2.59 bits per heavy atom. The highest BCUT2D eigenvalue weighted by Crippen LogP contribution is 2.60. The predicted molar refractivity (Wildman–Crippen MR) is 83.7 cm³/mol. The standard InChI is InChI=1S/C16H18Cl2F2O2/c1-4-6-12(11(20)7-5-8-19)22-15(21)14-10(9-13(17)18)16(14,2)3/h7,9-10,12,14H,5,8H2,1-3H3/b11-7-. The molecule has 6 heteroatoms. The van der Waals surface area contributed by atoms with E-state index in [1.165, 1.54) is 6.92 Å². The van der Waals surface area contributed by atoms with Gasteiger partial charge in [0.25, 0.3) is 0 Å². The Kier molecular flexibility index (Phi) is 6.90. The number of hydrogen-bond donors (Lipinski definition) is 0. The molecule has 0 aromatic rings. The van der Waals surface area contributed by atoms with Gasteiger partial charge in [0, 0.05) is 0 Å². The molecule has 22 heavy (non-hydrogen) atoms. The second-order valence-corrected chi connectivity index (χ2v) is 6.57. The Hall–Kier alpha value is -1.05. The maximum Gasteiger partial charge on any atom is 0.311 e. The number of allylic oxidation sites excluding steroid dienone is 2. The Balaban J connectivity index is 2.81. The molecule has 0 aliphatic heterocycles. The largest absolute Gasteiger partial charge is 0.441 e. The van der Waals surface area contributed by atoms with Gasteiger partial charge in [0.2, 0.25) is 6.10 Å². The van der Waals surface area contributed by atoms with Crippen molar-refractivity contribution in [2.75, 3.05) is 6.67 Å². The van der Waals surface area contributed by atoms with Crippen LogP contribution in [0.3, 0.4) is 0 Å². The number of ether oxygens (including phenoxy) is 1. The zero-order valence-corrected chi connectivity index (χ0v) is 14.1. The van der Waals surface area contributed by atoms with Crippen molar-refractivity contribution in [1.82, 2.24) is 0 Å². The van der Waals surface area contributed by atoms with Crippen molar-refractivity contribution in [2.45, 2.75) is 33.3 Å². The summed E-state index contributed by atoms with van der Waals surface area (Å²) in [6, 6.07) is 0. The summed E-state index contributed by atoms with van der Waals surface area (Å²) in [4.78, 5) is 12.2. The molecule has 1 fully saturated rings. The van der Waals surface area contributed by atoms with E-state index in [1.54, 1.807) is 6.08 Å². The quantitative estimate of drug-likeness (QED) is 0.511. The average molecular weight is 351 g/mol. The van der Waals surface area contributed by atoms with Gasteiger partial charge in [-0.15, -0.1) is 5.92 Å². The van der Waals surface area contributed by atoms with Gasteiger partial charge >= 0.3 is 5.97 Å². The lowest BCUT2D eigenvalue weighted by molar-refractivity contribution is -0.148. The van der Waals surface area contributed by atoms with Crippen LogP contribution in [0.4, 0.5) is 8.78 Å². The Labute approximate surface area is 139 Å². The number of carbonyl (C=O) groups is 1. The van der Waals surface area contributed by atoms with E-state index in [-0.39, 0.29) is 22.2 Å². The summed E-state index contributed by atoms with van der Waals surface area (Å²) in [6.07, 6.45) is 1.21. The van der Waals surface area contributed by atoms with Crippen LogP contribution in [0.2, 0.25) is 0 Å². The third-order valence-corrected chi connectivity index (χ3v) is 3.93. The number of esters is 1. The number of hydrogen-bond acceptors (Lipinski definition) is 2. The highest BCUT2D eigenvalue weighted by atomic mass is 35.5. The average Bonchev–Trinajstić information content (AvgIpc) is 2.95. The lowest BCUT2D eigenvalue weighted by Crippen LogP contribution is -2.20. The fourth-order valence-electron chi connectivity index (χ4n) is 2.35. The first kappa shape index (κ1) is 19.0. The fraction of sp³-hybridized carbons (Fsp3) is 0.562.